The number of aliphatic carboxylic acids is 1. The lowest BCUT2D eigenvalue weighted by atomic mass is 10.3. The van der Waals surface area contributed by atoms with Gasteiger partial charge in [-0.3, -0.25) is 14.5 Å². The summed E-state index contributed by atoms with van der Waals surface area (Å²) in [6.07, 6.45) is 5.44. The number of aryl methyl sites for hydroxylation is 1. The lowest BCUT2D eigenvalue weighted by molar-refractivity contribution is -0.140. The van der Waals surface area contributed by atoms with Crippen molar-refractivity contribution in [3.8, 4) is 0 Å². The Bertz CT molecular complexity index is 562. The average molecular weight is 282 g/mol. The van der Waals surface area contributed by atoms with E-state index in [1.807, 2.05) is 30.1 Å². The van der Waals surface area contributed by atoms with Crippen molar-refractivity contribution in [3.05, 3.63) is 28.9 Å². The Kier molecular flexibility index (Phi) is 3.53. The average Bonchev–Trinajstić information content (AvgIpc) is 2.78. The van der Waals surface area contributed by atoms with Crippen molar-refractivity contribution < 1.29 is 14.7 Å². The van der Waals surface area contributed by atoms with Crippen LogP contribution in [-0.2, 0) is 16.6 Å². The number of aromatic nitrogens is 1. The maximum atomic E-state index is 11.9. The highest BCUT2D eigenvalue weighted by molar-refractivity contribution is 8.26. The molecule has 1 aromatic rings. The predicted molar refractivity (Wildman–Crippen MR) is 72.9 cm³/mol. The third kappa shape index (κ3) is 2.62. The summed E-state index contributed by atoms with van der Waals surface area (Å²) in [5.74, 6) is -1.43. The van der Waals surface area contributed by atoms with E-state index in [-0.39, 0.29) is 10.2 Å². The van der Waals surface area contributed by atoms with Crippen molar-refractivity contribution in [1.82, 2.24) is 9.47 Å². The van der Waals surface area contributed by atoms with E-state index in [9.17, 15) is 9.59 Å². The van der Waals surface area contributed by atoms with Crippen molar-refractivity contribution in [2.75, 3.05) is 6.54 Å². The number of nitrogens with zero attached hydrogens (tertiary/aromatic N) is 2. The highest BCUT2D eigenvalue weighted by Gasteiger charge is 2.33. The topological polar surface area (TPSA) is 62.5 Å². The maximum absolute atomic E-state index is 11.9. The Balaban J connectivity index is 2.22. The van der Waals surface area contributed by atoms with Crippen LogP contribution >= 0.6 is 24.0 Å². The second-order valence-electron chi connectivity index (χ2n) is 3.77. The summed E-state index contributed by atoms with van der Waals surface area (Å²) >= 11 is 6.12. The quantitative estimate of drug-likeness (QED) is 0.669. The smallest absolute Gasteiger partial charge is 0.323 e. The van der Waals surface area contributed by atoms with Gasteiger partial charge in [0.1, 0.15) is 10.9 Å². The summed E-state index contributed by atoms with van der Waals surface area (Å²) in [6, 6.07) is 1.86. The fourth-order valence-corrected chi connectivity index (χ4v) is 2.79. The number of hydrogen-bond donors (Lipinski definition) is 1. The summed E-state index contributed by atoms with van der Waals surface area (Å²) in [5, 5.41) is 8.70. The van der Waals surface area contributed by atoms with Crippen LogP contribution in [0.2, 0.25) is 0 Å². The fraction of sp³-hybridized carbons (Fsp3) is 0.182. The van der Waals surface area contributed by atoms with Crippen molar-refractivity contribution >= 4 is 46.3 Å². The lowest BCUT2D eigenvalue weighted by Crippen LogP contribution is -2.33. The zero-order chi connectivity index (χ0) is 13.3. The van der Waals surface area contributed by atoms with Crippen molar-refractivity contribution in [3.63, 3.8) is 0 Å². The van der Waals surface area contributed by atoms with Gasteiger partial charge in [0.15, 0.2) is 0 Å². The van der Waals surface area contributed by atoms with Crippen LogP contribution in [-0.4, -0.2) is 37.3 Å². The molecule has 94 valence electrons. The lowest BCUT2D eigenvalue weighted by Gasteiger charge is -2.09. The number of carbonyl (C=O) groups is 2. The van der Waals surface area contributed by atoms with Gasteiger partial charge in [0.25, 0.3) is 5.91 Å². The molecule has 2 rings (SSSR count). The molecular formula is C11H10N2O3S2. The largest absolute Gasteiger partial charge is 0.480 e. The molecule has 0 unspecified atom stereocenters. The molecule has 1 aliphatic heterocycles. The summed E-state index contributed by atoms with van der Waals surface area (Å²) in [5.41, 5.74) is 0.883. The van der Waals surface area contributed by atoms with Crippen LogP contribution in [0.15, 0.2) is 23.4 Å². The van der Waals surface area contributed by atoms with E-state index in [0.29, 0.717) is 4.91 Å². The van der Waals surface area contributed by atoms with E-state index in [1.165, 1.54) is 0 Å². The van der Waals surface area contributed by atoms with Crippen LogP contribution in [0.1, 0.15) is 5.56 Å². The molecule has 1 aromatic heterocycles. The number of thiocarbonyl (C=S) groups is 1. The highest BCUT2D eigenvalue weighted by Crippen LogP contribution is 2.32. The first-order valence-electron chi connectivity index (χ1n) is 5.06. The Morgan fingerprint density at radius 3 is 2.89 bits per heavy atom. The van der Waals surface area contributed by atoms with Gasteiger partial charge in [-0.25, -0.2) is 0 Å². The van der Waals surface area contributed by atoms with Crippen LogP contribution in [0.5, 0.6) is 0 Å². The first-order valence-corrected chi connectivity index (χ1v) is 6.29. The molecule has 0 aliphatic carbocycles. The van der Waals surface area contributed by atoms with Crippen LogP contribution in [0, 0.1) is 0 Å². The predicted octanol–water partition coefficient (Wildman–Crippen LogP) is 1.31. The van der Waals surface area contributed by atoms with Gasteiger partial charge in [0, 0.05) is 19.4 Å². The molecule has 0 radical (unpaired) electrons. The highest BCUT2D eigenvalue weighted by atomic mass is 32.2. The third-order valence-corrected chi connectivity index (χ3v) is 3.70. The minimum atomic E-state index is -1.08. The van der Waals surface area contributed by atoms with E-state index in [1.54, 1.807) is 6.08 Å². The Morgan fingerprint density at radius 1 is 1.61 bits per heavy atom. The Labute approximate surface area is 113 Å². The molecule has 1 saturated heterocycles. The zero-order valence-corrected chi connectivity index (χ0v) is 11.1. The van der Waals surface area contributed by atoms with Crippen molar-refractivity contribution in [1.29, 1.82) is 0 Å². The van der Waals surface area contributed by atoms with Crippen LogP contribution in [0.3, 0.4) is 0 Å². The van der Waals surface area contributed by atoms with Gasteiger partial charge in [-0.1, -0.05) is 24.0 Å². The number of hydrogen-bond acceptors (Lipinski definition) is 4. The van der Waals surface area contributed by atoms with E-state index >= 15 is 0 Å². The molecule has 1 aliphatic rings. The molecule has 0 atom stereocenters. The number of carbonyl (C=O) groups excluding carboxylic acids is 1. The summed E-state index contributed by atoms with van der Waals surface area (Å²) in [6.45, 7) is -0.392. The second-order valence-corrected chi connectivity index (χ2v) is 5.45. The van der Waals surface area contributed by atoms with Gasteiger partial charge in [-0.15, -0.1) is 0 Å². The van der Waals surface area contributed by atoms with Crippen molar-refractivity contribution in [2.45, 2.75) is 0 Å². The van der Waals surface area contributed by atoms with E-state index in [2.05, 4.69) is 0 Å². The standard InChI is InChI=1S/C11H10N2O3S2/c1-12-3-2-7(5-12)4-8-10(16)13(6-9(14)15)11(17)18-8/h2-5H,6H2,1H3,(H,14,15). The Morgan fingerprint density at radius 2 is 2.33 bits per heavy atom. The summed E-state index contributed by atoms with van der Waals surface area (Å²) in [7, 11) is 1.88. The molecule has 0 spiro atoms. The normalized spacial score (nSPS) is 17.8. The maximum Gasteiger partial charge on any atom is 0.323 e. The van der Waals surface area contributed by atoms with Gasteiger partial charge in [-0.05, 0) is 17.7 Å². The minimum absolute atomic E-state index is 0.282. The minimum Gasteiger partial charge on any atom is -0.480 e. The van der Waals surface area contributed by atoms with E-state index in [0.717, 1.165) is 22.2 Å². The monoisotopic (exact) mass is 282 g/mol. The zero-order valence-electron chi connectivity index (χ0n) is 9.49. The molecule has 5 nitrogen and oxygen atoms in total. The Hall–Kier alpha value is -1.60. The fourth-order valence-electron chi connectivity index (χ4n) is 1.53. The molecule has 1 amide bonds. The van der Waals surface area contributed by atoms with E-state index < -0.39 is 12.5 Å². The van der Waals surface area contributed by atoms with Gasteiger partial charge >= 0.3 is 5.97 Å². The van der Waals surface area contributed by atoms with Crippen molar-refractivity contribution in [2.24, 2.45) is 7.05 Å². The molecule has 7 heteroatoms. The first kappa shape index (κ1) is 12.8. The molecule has 0 saturated carbocycles. The molecule has 0 aromatic carbocycles. The molecule has 1 N–H and O–H groups in total. The molecular weight excluding hydrogens is 272 g/mol. The number of carboxylic acids is 1. The molecule has 18 heavy (non-hydrogen) atoms. The van der Waals surface area contributed by atoms with Crippen LogP contribution in [0.25, 0.3) is 6.08 Å². The second kappa shape index (κ2) is 4.95. The van der Waals surface area contributed by atoms with Gasteiger partial charge < -0.3 is 9.67 Å². The number of thioether (sulfide) groups is 1. The van der Waals surface area contributed by atoms with E-state index in [4.69, 9.17) is 17.3 Å². The third-order valence-electron chi connectivity index (χ3n) is 2.32. The number of amides is 1. The van der Waals surface area contributed by atoms with Crippen LogP contribution in [0.4, 0.5) is 0 Å². The summed E-state index contributed by atoms with van der Waals surface area (Å²) < 4.78 is 2.15. The number of rotatable bonds is 3. The van der Waals surface area contributed by atoms with Gasteiger partial charge in [-0.2, -0.15) is 0 Å². The van der Waals surface area contributed by atoms with Gasteiger partial charge in [0.2, 0.25) is 0 Å². The van der Waals surface area contributed by atoms with Crippen LogP contribution < -0.4 is 0 Å². The van der Waals surface area contributed by atoms with Gasteiger partial charge in [0.05, 0.1) is 4.91 Å². The SMILES string of the molecule is Cn1ccc(C=C2SC(=S)N(CC(=O)O)C2=O)c1. The summed E-state index contributed by atoms with van der Waals surface area (Å²) in [4.78, 5) is 24.1. The molecule has 1 fully saturated rings. The first-order chi connectivity index (χ1) is 8.47. The number of carboxylic acid groups (broad SMARTS) is 1. The molecule has 0 bridgehead atoms. The molecule has 2 heterocycles.